The highest BCUT2D eigenvalue weighted by molar-refractivity contribution is 5.73. The Morgan fingerprint density at radius 1 is 1.13 bits per heavy atom. The van der Waals surface area contributed by atoms with Crippen LogP contribution in [0, 0.1) is 13.8 Å². The summed E-state index contributed by atoms with van der Waals surface area (Å²) in [4.78, 5) is 10.4. The lowest BCUT2D eigenvalue weighted by Gasteiger charge is -2.03. The smallest absolute Gasteiger partial charge is 0.271 e. The lowest BCUT2D eigenvalue weighted by Crippen LogP contribution is -1.82. The fourth-order valence-electron chi connectivity index (χ4n) is 1.63. The number of hydrogen-bond donors (Lipinski definition) is 0. The maximum absolute atomic E-state index is 10.4. The molecule has 0 saturated heterocycles. The highest BCUT2D eigenvalue weighted by atomic mass is 16.3. The third kappa shape index (κ3) is 1.84. The highest BCUT2D eigenvalue weighted by Crippen LogP contribution is 2.25. The molecule has 0 atom stereocenters. The first-order valence-corrected chi connectivity index (χ1v) is 4.76. The first-order chi connectivity index (χ1) is 7.20. The average Bonchev–Trinajstić information content (AvgIpc) is 2.66. The molecule has 1 aromatic carbocycles. The van der Waals surface area contributed by atoms with Crippen LogP contribution in [0.3, 0.4) is 0 Å². The van der Waals surface area contributed by atoms with Crippen molar-refractivity contribution in [2.45, 2.75) is 13.8 Å². The van der Waals surface area contributed by atoms with Crippen LogP contribution in [0.5, 0.6) is 0 Å². The van der Waals surface area contributed by atoms with E-state index in [0.717, 1.165) is 11.1 Å². The van der Waals surface area contributed by atoms with E-state index in [-0.39, 0.29) is 5.76 Å². The second-order valence-electron chi connectivity index (χ2n) is 3.58. The molecular formula is C13H11O2. The van der Waals surface area contributed by atoms with Gasteiger partial charge in [-0.3, -0.25) is 4.79 Å². The molecule has 0 unspecified atom stereocenters. The van der Waals surface area contributed by atoms with Gasteiger partial charge in [-0.1, -0.05) is 23.8 Å². The van der Waals surface area contributed by atoms with E-state index in [1.165, 1.54) is 5.56 Å². The number of carbonyl (C=O) groups excluding carboxylic acids is 1. The van der Waals surface area contributed by atoms with Gasteiger partial charge < -0.3 is 4.42 Å². The first kappa shape index (κ1) is 9.71. The van der Waals surface area contributed by atoms with Crippen LogP contribution in [-0.4, -0.2) is 6.29 Å². The van der Waals surface area contributed by atoms with Gasteiger partial charge in [-0.15, -0.1) is 0 Å². The minimum Gasteiger partial charge on any atom is -0.452 e. The predicted molar refractivity (Wildman–Crippen MR) is 58.4 cm³/mol. The zero-order valence-electron chi connectivity index (χ0n) is 8.70. The van der Waals surface area contributed by atoms with Crippen molar-refractivity contribution >= 4 is 6.29 Å². The second-order valence-corrected chi connectivity index (χ2v) is 3.58. The van der Waals surface area contributed by atoms with Crippen molar-refractivity contribution in [3.05, 3.63) is 47.2 Å². The number of hydrogen-bond acceptors (Lipinski definition) is 2. The van der Waals surface area contributed by atoms with Crippen LogP contribution in [0.2, 0.25) is 0 Å². The molecule has 15 heavy (non-hydrogen) atoms. The van der Waals surface area contributed by atoms with Gasteiger partial charge in [-0.25, -0.2) is 0 Å². The van der Waals surface area contributed by atoms with Gasteiger partial charge in [-0.05, 0) is 31.5 Å². The van der Waals surface area contributed by atoms with E-state index in [1.54, 1.807) is 18.4 Å². The van der Waals surface area contributed by atoms with E-state index in [0.29, 0.717) is 5.76 Å². The Morgan fingerprint density at radius 3 is 2.53 bits per heavy atom. The van der Waals surface area contributed by atoms with Gasteiger partial charge in [0.15, 0.2) is 5.76 Å². The van der Waals surface area contributed by atoms with Crippen LogP contribution in [0.15, 0.2) is 34.7 Å². The SMILES string of the molecule is Cc1ccc(-c2ccc([C]=O)o2)c(C)c1. The molecule has 1 aromatic heterocycles. The fourth-order valence-corrected chi connectivity index (χ4v) is 1.63. The normalized spacial score (nSPS) is 10.3. The molecule has 0 amide bonds. The Hall–Kier alpha value is -1.83. The summed E-state index contributed by atoms with van der Waals surface area (Å²) in [7, 11) is 0. The van der Waals surface area contributed by atoms with Crippen LogP contribution < -0.4 is 0 Å². The average molecular weight is 199 g/mol. The van der Waals surface area contributed by atoms with Crippen LogP contribution >= 0.6 is 0 Å². The molecule has 75 valence electrons. The molecule has 0 aliphatic carbocycles. The summed E-state index contributed by atoms with van der Waals surface area (Å²) in [5.74, 6) is 0.954. The molecule has 1 radical (unpaired) electrons. The zero-order chi connectivity index (χ0) is 10.8. The van der Waals surface area contributed by atoms with Crippen LogP contribution in [0.4, 0.5) is 0 Å². The Kier molecular flexibility index (Phi) is 2.42. The molecule has 1 heterocycles. The van der Waals surface area contributed by atoms with Crippen LogP contribution in [0.1, 0.15) is 16.9 Å². The zero-order valence-corrected chi connectivity index (χ0v) is 8.70. The summed E-state index contributed by atoms with van der Waals surface area (Å²) in [6.07, 6.45) is 1.73. The van der Waals surface area contributed by atoms with Gasteiger partial charge in [-0.2, -0.15) is 0 Å². The Bertz CT molecular complexity index is 495. The highest BCUT2D eigenvalue weighted by Gasteiger charge is 2.07. The summed E-state index contributed by atoms with van der Waals surface area (Å²) in [6.45, 7) is 4.07. The predicted octanol–water partition coefficient (Wildman–Crippen LogP) is 3.02. The van der Waals surface area contributed by atoms with E-state index in [1.807, 2.05) is 26.0 Å². The van der Waals surface area contributed by atoms with Gasteiger partial charge in [0, 0.05) is 5.56 Å². The maximum Gasteiger partial charge on any atom is 0.271 e. The van der Waals surface area contributed by atoms with Gasteiger partial charge in [0.1, 0.15) is 5.76 Å². The van der Waals surface area contributed by atoms with Gasteiger partial charge >= 0.3 is 0 Å². The van der Waals surface area contributed by atoms with E-state index >= 15 is 0 Å². The Morgan fingerprint density at radius 2 is 1.93 bits per heavy atom. The monoisotopic (exact) mass is 199 g/mol. The van der Waals surface area contributed by atoms with E-state index in [9.17, 15) is 4.79 Å². The van der Waals surface area contributed by atoms with Crippen molar-refractivity contribution < 1.29 is 9.21 Å². The number of rotatable bonds is 2. The lowest BCUT2D eigenvalue weighted by molar-refractivity contribution is 0.524. The van der Waals surface area contributed by atoms with Crippen molar-refractivity contribution in [2.75, 3.05) is 0 Å². The number of aryl methyl sites for hydroxylation is 2. The molecule has 0 aliphatic rings. The van der Waals surface area contributed by atoms with Gasteiger partial charge in [0.25, 0.3) is 6.29 Å². The van der Waals surface area contributed by atoms with Crippen molar-refractivity contribution in [3.63, 3.8) is 0 Å². The summed E-state index contributed by atoms with van der Waals surface area (Å²) in [5.41, 5.74) is 3.37. The molecule has 0 spiro atoms. The van der Waals surface area contributed by atoms with Gasteiger partial charge in [0.2, 0.25) is 0 Å². The van der Waals surface area contributed by atoms with Crippen molar-refractivity contribution in [1.82, 2.24) is 0 Å². The largest absolute Gasteiger partial charge is 0.452 e. The van der Waals surface area contributed by atoms with E-state index in [2.05, 4.69) is 6.07 Å². The molecule has 2 nitrogen and oxygen atoms in total. The minimum atomic E-state index is 0.241. The summed E-state index contributed by atoms with van der Waals surface area (Å²) in [5, 5.41) is 0. The molecule has 0 N–H and O–H groups in total. The first-order valence-electron chi connectivity index (χ1n) is 4.76. The minimum absolute atomic E-state index is 0.241. The molecule has 2 aromatic rings. The summed E-state index contributed by atoms with van der Waals surface area (Å²) in [6, 6.07) is 9.52. The molecule has 0 saturated carbocycles. The third-order valence-corrected chi connectivity index (χ3v) is 2.35. The number of furan rings is 1. The van der Waals surface area contributed by atoms with Crippen molar-refractivity contribution in [2.24, 2.45) is 0 Å². The van der Waals surface area contributed by atoms with Crippen LogP contribution in [0.25, 0.3) is 11.3 Å². The van der Waals surface area contributed by atoms with Crippen molar-refractivity contribution in [3.8, 4) is 11.3 Å². The quantitative estimate of drug-likeness (QED) is 0.744. The number of benzene rings is 1. The topological polar surface area (TPSA) is 30.2 Å². The van der Waals surface area contributed by atoms with Crippen molar-refractivity contribution in [1.29, 1.82) is 0 Å². The molecule has 0 fully saturated rings. The van der Waals surface area contributed by atoms with Crippen LogP contribution in [-0.2, 0) is 4.79 Å². The third-order valence-electron chi connectivity index (χ3n) is 2.35. The molecular weight excluding hydrogens is 188 g/mol. The standard InChI is InChI=1S/C13H11O2/c1-9-3-5-12(10(2)7-9)13-6-4-11(8-14)15-13/h3-7H,1-2H3. The molecule has 0 bridgehead atoms. The maximum atomic E-state index is 10.4. The molecule has 0 aliphatic heterocycles. The Balaban J connectivity index is 2.49. The van der Waals surface area contributed by atoms with Gasteiger partial charge in [0.05, 0.1) is 0 Å². The fraction of sp³-hybridized carbons (Fsp3) is 0.154. The second kappa shape index (κ2) is 3.73. The molecule has 2 rings (SSSR count). The van der Waals surface area contributed by atoms with E-state index in [4.69, 9.17) is 4.42 Å². The summed E-state index contributed by atoms with van der Waals surface area (Å²) < 4.78 is 5.32. The lowest BCUT2D eigenvalue weighted by atomic mass is 10.0. The Labute approximate surface area is 88.5 Å². The van der Waals surface area contributed by atoms with E-state index < -0.39 is 0 Å². The summed E-state index contributed by atoms with van der Waals surface area (Å²) >= 11 is 0. The molecule has 2 heteroatoms.